The van der Waals surface area contributed by atoms with Gasteiger partial charge in [0.05, 0.1) is 16.9 Å². The Bertz CT molecular complexity index is 842. The van der Waals surface area contributed by atoms with Crippen LogP contribution in [0.1, 0.15) is 47.1 Å². The highest BCUT2D eigenvalue weighted by atomic mass is 16.4. The fraction of sp³-hybridized carbons (Fsp3) is 0.450. The number of amides is 1. The lowest BCUT2D eigenvalue weighted by atomic mass is 10.1. The highest BCUT2D eigenvalue weighted by Crippen LogP contribution is 2.24. The number of aromatic nitrogens is 2. The molecule has 2 N–H and O–H groups in total. The van der Waals surface area contributed by atoms with E-state index in [1.165, 1.54) is 11.6 Å². The van der Waals surface area contributed by atoms with Crippen molar-refractivity contribution in [2.45, 2.75) is 40.0 Å². The lowest BCUT2D eigenvalue weighted by Crippen LogP contribution is -2.22. The number of carbonyl (C=O) groups is 2. The van der Waals surface area contributed by atoms with E-state index in [-0.39, 0.29) is 11.5 Å². The molecule has 0 saturated heterocycles. The van der Waals surface area contributed by atoms with E-state index in [1.807, 2.05) is 30.6 Å². The van der Waals surface area contributed by atoms with Crippen molar-refractivity contribution in [3.63, 3.8) is 0 Å². The molecule has 0 unspecified atom stereocenters. The number of rotatable bonds is 8. The first-order valence-electron chi connectivity index (χ1n) is 9.12. The second-order valence-electron chi connectivity index (χ2n) is 6.74. The number of carboxylic acids is 1. The molecular formula is C20H28N4O3. The molecule has 0 spiro atoms. The fourth-order valence-electron chi connectivity index (χ4n) is 3.16. The largest absolute Gasteiger partial charge is 0.478 e. The molecule has 2 aromatic rings. The molecule has 0 fully saturated rings. The van der Waals surface area contributed by atoms with Gasteiger partial charge in [-0.3, -0.25) is 9.48 Å². The van der Waals surface area contributed by atoms with Crippen molar-refractivity contribution in [3.05, 3.63) is 40.7 Å². The molecule has 0 aliphatic rings. The van der Waals surface area contributed by atoms with Crippen molar-refractivity contribution in [3.8, 4) is 0 Å². The fourth-order valence-corrected chi connectivity index (χ4v) is 3.16. The molecule has 0 radical (unpaired) electrons. The Labute approximate surface area is 160 Å². The van der Waals surface area contributed by atoms with Crippen molar-refractivity contribution in [1.82, 2.24) is 9.78 Å². The molecule has 0 atom stereocenters. The number of nitrogens with one attached hydrogen (secondary N) is 1. The van der Waals surface area contributed by atoms with Crippen LogP contribution in [0.3, 0.4) is 0 Å². The molecule has 1 heterocycles. The number of aryl methyl sites for hydroxylation is 2. The summed E-state index contributed by atoms with van der Waals surface area (Å²) >= 11 is 0. The van der Waals surface area contributed by atoms with Crippen molar-refractivity contribution < 1.29 is 14.7 Å². The van der Waals surface area contributed by atoms with E-state index in [1.54, 1.807) is 19.1 Å². The van der Waals surface area contributed by atoms with Crippen LogP contribution in [0.4, 0.5) is 11.4 Å². The normalized spacial score (nSPS) is 10.7. The van der Waals surface area contributed by atoms with Crippen molar-refractivity contribution in [2.24, 2.45) is 7.05 Å². The number of aromatic carboxylic acids is 1. The zero-order valence-electron chi connectivity index (χ0n) is 16.7. The van der Waals surface area contributed by atoms with E-state index in [4.69, 9.17) is 0 Å². The number of hydrogen-bond donors (Lipinski definition) is 2. The van der Waals surface area contributed by atoms with E-state index in [0.29, 0.717) is 24.3 Å². The van der Waals surface area contributed by atoms with Crippen molar-refractivity contribution in [2.75, 3.05) is 23.8 Å². The maximum absolute atomic E-state index is 11.7. The average Bonchev–Trinajstić information content (AvgIpc) is 2.87. The van der Waals surface area contributed by atoms with Crippen LogP contribution in [0.25, 0.3) is 0 Å². The van der Waals surface area contributed by atoms with Crippen LogP contribution in [0.2, 0.25) is 0 Å². The number of benzene rings is 1. The lowest BCUT2D eigenvalue weighted by molar-refractivity contribution is -0.115. The third-order valence-electron chi connectivity index (χ3n) is 4.82. The first-order valence-corrected chi connectivity index (χ1v) is 9.12. The minimum atomic E-state index is -1.01. The van der Waals surface area contributed by atoms with Crippen LogP contribution in [0.5, 0.6) is 0 Å². The maximum Gasteiger partial charge on any atom is 0.337 e. The molecule has 0 aliphatic carbocycles. The first kappa shape index (κ1) is 20.5. The van der Waals surface area contributed by atoms with Crippen molar-refractivity contribution >= 4 is 23.3 Å². The summed E-state index contributed by atoms with van der Waals surface area (Å²) in [6, 6.07) is 4.99. The van der Waals surface area contributed by atoms with Crippen molar-refractivity contribution in [1.29, 1.82) is 0 Å². The summed E-state index contributed by atoms with van der Waals surface area (Å²) in [5.41, 5.74) is 4.77. The van der Waals surface area contributed by atoms with Crippen LogP contribution in [-0.2, 0) is 18.3 Å². The molecule has 0 aliphatic heterocycles. The molecule has 0 saturated carbocycles. The summed E-state index contributed by atoms with van der Waals surface area (Å²) in [6.45, 7) is 6.54. The minimum Gasteiger partial charge on any atom is -0.478 e. The standard InChI is InChI=1S/C20H28N4O3/c1-6-19(25)21-15-9-10-18(17(12-15)20(26)27)23(4)11-7-8-16-13(2)22-24(5)14(16)3/h9-10,12H,6-8,11H2,1-5H3,(H,21,25)(H,26,27). The van der Waals surface area contributed by atoms with Crippen LogP contribution in [0, 0.1) is 13.8 Å². The number of hydrogen-bond acceptors (Lipinski definition) is 4. The Hall–Kier alpha value is -2.83. The van der Waals surface area contributed by atoms with E-state index in [9.17, 15) is 14.7 Å². The van der Waals surface area contributed by atoms with Gasteiger partial charge in [-0.2, -0.15) is 5.10 Å². The third-order valence-corrected chi connectivity index (χ3v) is 4.82. The van der Waals surface area contributed by atoms with E-state index >= 15 is 0 Å². The van der Waals surface area contributed by atoms with Gasteiger partial charge in [-0.1, -0.05) is 6.92 Å². The van der Waals surface area contributed by atoms with Gasteiger partial charge in [-0.15, -0.1) is 0 Å². The summed E-state index contributed by atoms with van der Waals surface area (Å²) in [5, 5.41) is 16.7. The molecule has 1 aromatic carbocycles. The smallest absolute Gasteiger partial charge is 0.337 e. The Kier molecular flexibility index (Phi) is 6.60. The first-order chi connectivity index (χ1) is 12.7. The molecule has 2 rings (SSSR count). The van der Waals surface area contributed by atoms with Gasteiger partial charge in [-0.25, -0.2) is 4.79 Å². The van der Waals surface area contributed by atoms with Gasteiger partial charge in [0.1, 0.15) is 0 Å². The van der Waals surface area contributed by atoms with Gasteiger partial charge < -0.3 is 15.3 Å². The summed E-state index contributed by atoms with van der Waals surface area (Å²) in [4.78, 5) is 25.1. The van der Waals surface area contributed by atoms with Gasteiger partial charge in [0, 0.05) is 38.4 Å². The monoisotopic (exact) mass is 372 g/mol. The maximum atomic E-state index is 11.7. The predicted molar refractivity (Wildman–Crippen MR) is 107 cm³/mol. The Morgan fingerprint density at radius 2 is 2.00 bits per heavy atom. The topological polar surface area (TPSA) is 87.5 Å². The summed E-state index contributed by atoms with van der Waals surface area (Å²) in [7, 11) is 3.82. The van der Waals surface area contributed by atoms with Gasteiger partial charge >= 0.3 is 5.97 Å². The van der Waals surface area contributed by atoms with E-state index in [0.717, 1.165) is 24.2 Å². The molecule has 7 nitrogen and oxygen atoms in total. The quantitative estimate of drug-likeness (QED) is 0.743. The molecule has 27 heavy (non-hydrogen) atoms. The lowest BCUT2D eigenvalue weighted by Gasteiger charge is -2.22. The highest BCUT2D eigenvalue weighted by Gasteiger charge is 2.16. The summed E-state index contributed by atoms with van der Waals surface area (Å²) in [6.07, 6.45) is 2.12. The van der Waals surface area contributed by atoms with Crippen LogP contribution in [0.15, 0.2) is 18.2 Å². The van der Waals surface area contributed by atoms with Gasteiger partial charge in [-0.05, 0) is 50.5 Å². The average molecular weight is 372 g/mol. The summed E-state index contributed by atoms with van der Waals surface area (Å²) in [5.74, 6) is -1.15. The van der Waals surface area contributed by atoms with E-state index < -0.39 is 5.97 Å². The van der Waals surface area contributed by atoms with Crippen LogP contribution >= 0.6 is 0 Å². The number of nitrogens with zero attached hydrogens (tertiary/aromatic N) is 3. The molecular weight excluding hydrogens is 344 g/mol. The number of carboxylic acid groups (broad SMARTS) is 1. The SMILES string of the molecule is CCC(=O)Nc1ccc(N(C)CCCc2c(C)nn(C)c2C)c(C(=O)O)c1. The molecule has 1 aromatic heterocycles. The Balaban J connectivity index is 2.09. The zero-order valence-corrected chi connectivity index (χ0v) is 16.7. The van der Waals surface area contributed by atoms with Crippen LogP contribution in [-0.4, -0.2) is 40.4 Å². The minimum absolute atomic E-state index is 0.144. The molecule has 7 heteroatoms. The number of carbonyl (C=O) groups excluding carboxylic acids is 1. The van der Waals surface area contributed by atoms with Gasteiger partial charge in [0.25, 0.3) is 0 Å². The highest BCUT2D eigenvalue weighted by molar-refractivity contribution is 5.98. The Morgan fingerprint density at radius 1 is 1.30 bits per heavy atom. The number of anilines is 2. The molecule has 0 bridgehead atoms. The van der Waals surface area contributed by atoms with Crippen LogP contribution < -0.4 is 10.2 Å². The van der Waals surface area contributed by atoms with E-state index in [2.05, 4.69) is 17.3 Å². The second kappa shape index (κ2) is 8.70. The van der Waals surface area contributed by atoms with Gasteiger partial charge in [0.2, 0.25) is 5.91 Å². The van der Waals surface area contributed by atoms with Gasteiger partial charge in [0.15, 0.2) is 0 Å². The predicted octanol–water partition coefficient (Wildman–Crippen LogP) is 3.15. The Morgan fingerprint density at radius 3 is 2.56 bits per heavy atom. The third kappa shape index (κ3) is 4.87. The zero-order chi connectivity index (χ0) is 20.1. The molecule has 1 amide bonds. The summed E-state index contributed by atoms with van der Waals surface area (Å²) < 4.78 is 1.89. The molecule has 146 valence electrons. The second-order valence-corrected chi connectivity index (χ2v) is 6.74.